The maximum atomic E-state index is 13.7. The van der Waals surface area contributed by atoms with Crippen molar-refractivity contribution in [2.75, 3.05) is 42.9 Å². The van der Waals surface area contributed by atoms with Crippen molar-refractivity contribution in [1.82, 2.24) is 20.0 Å². The predicted octanol–water partition coefficient (Wildman–Crippen LogP) is 1.71. The molecule has 1 aromatic heterocycles. The van der Waals surface area contributed by atoms with Gasteiger partial charge in [-0.05, 0) is 19.1 Å². The molecule has 2 heterocycles. The zero-order valence-electron chi connectivity index (χ0n) is 17.4. The topological polar surface area (TPSA) is 94.9 Å². The highest BCUT2D eigenvalue weighted by Crippen LogP contribution is 2.19. The van der Waals surface area contributed by atoms with E-state index >= 15 is 0 Å². The van der Waals surface area contributed by atoms with Gasteiger partial charge in [-0.25, -0.2) is 18.2 Å². The predicted molar refractivity (Wildman–Crippen MR) is 123 cm³/mol. The highest BCUT2D eigenvalue weighted by Gasteiger charge is 2.27. The molecular formula is C19H23F3IN7O2. The van der Waals surface area contributed by atoms with Crippen LogP contribution >= 0.6 is 24.0 Å². The summed E-state index contributed by atoms with van der Waals surface area (Å²) in [6.45, 7) is 2.83. The minimum absolute atomic E-state index is 0. The number of halogens is 4. The van der Waals surface area contributed by atoms with E-state index in [1.54, 1.807) is 33.9 Å². The molecule has 0 unspecified atom stereocenters. The van der Waals surface area contributed by atoms with E-state index in [1.807, 2.05) is 6.92 Å². The molecule has 0 saturated carbocycles. The van der Waals surface area contributed by atoms with Crippen molar-refractivity contribution in [3.63, 3.8) is 0 Å². The second-order valence-electron chi connectivity index (χ2n) is 6.78. The molecule has 1 aromatic carbocycles. The third-order valence-electron chi connectivity index (χ3n) is 4.54. The number of rotatable bonds is 5. The molecule has 9 nitrogen and oxygen atoms in total. The van der Waals surface area contributed by atoms with Crippen LogP contribution in [0.2, 0.25) is 0 Å². The maximum absolute atomic E-state index is 13.7. The summed E-state index contributed by atoms with van der Waals surface area (Å²) in [5.74, 6) is -5.04. The molecule has 0 spiro atoms. The zero-order chi connectivity index (χ0) is 22.5. The molecule has 1 saturated heterocycles. The van der Waals surface area contributed by atoms with Crippen molar-refractivity contribution in [3.05, 3.63) is 42.0 Å². The molecule has 32 heavy (non-hydrogen) atoms. The average molecular weight is 565 g/mol. The first-order valence-electron chi connectivity index (χ1n) is 9.55. The first kappa shape index (κ1) is 25.4. The fourth-order valence-corrected chi connectivity index (χ4v) is 3.06. The fraction of sp³-hybridized carbons (Fsp3) is 0.368. The van der Waals surface area contributed by atoms with E-state index in [2.05, 4.69) is 20.7 Å². The summed E-state index contributed by atoms with van der Waals surface area (Å²) in [7, 11) is 1.76. The summed E-state index contributed by atoms with van der Waals surface area (Å²) in [5.41, 5.74) is 0.214. The number of benzene rings is 1. The molecule has 0 bridgehead atoms. The quantitative estimate of drug-likeness (QED) is 0.249. The van der Waals surface area contributed by atoms with Crippen molar-refractivity contribution in [2.45, 2.75) is 6.92 Å². The Balaban J connectivity index is 0.00000363. The van der Waals surface area contributed by atoms with Gasteiger partial charge in [-0.15, -0.1) is 24.0 Å². The average Bonchev–Trinajstić information content (AvgIpc) is 3.17. The minimum Gasteiger partial charge on any atom is -0.356 e. The van der Waals surface area contributed by atoms with Gasteiger partial charge in [0.2, 0.25) is 11.8 Å². The normalized spacial score (nSPS) is 14.3. The number of hydrogen-bond acceptors (Lipinski definition) is 4. The van der Waals surface area contributed by atoms with Crippen molar-refractivity contribution in [3.8, 4) is 0 Å². The Bertz CT molecular complexity index is 1010. The number of anilines is 2. The van der Waals surface area contributed by atoms with Crippen molar-refractivity contribution in [1.29, 1.82) is 0 Å². The van der Waals surface area contributed by atoms with Gasteiger partial charge in [0.1, 0.15) is 13.1 Å². The number of nitrogens with one attached hydrogen (secondary N) is 2. The van der Waals surface area contributed by atoms with E-state index in [-0.39, 0.29) is 36.4 Å². The Hall–Kier alpha value is -2.84. The van der Waals surface area contributed by atoms with Crippen molar-refractivity contribution in [2.24, 2.45) is 12.0 Å². The molecular weight excluding hydrogens is 542 g/mol. The molecule has 1 fully saturated rings. The summed E-state index contributed by atoms with van der Waals surface area (Å²) in [5, 5.41) is 9.23. The molecule has 3 rings (SSSR count). The van der Waals surface area contributed by atoms with E-state index in [4.69, 9.17) is 0 Å². The third-order valence-corrected chi connectivity index (χ3v) is 4.54. The van der Waals surface area contributed by atoms with Crippen LogP contribution in [0.25, 0.3) is 0 Å². The number of guanidine groups is 1. The minimum atomic E-state index is -1.67. The number of amides is 2. The lowest BCUT2D eigenvalue weighted by molar-refractivity contribution is -0.120. The van der Waals surface area contributed by atoms with Gasteiger partial charge in [-0.3, -0.25) is 14.3 Å². The summed E-state index contributed by atoms with van der Waals surface area (Å²) < 4.78 is 41.6. The summed E-state index contributed by atoms with van der Waals surface area (Å²) in [6, 6.07) is 1.64. The maximum Gasteiger partial charge on any atom is 0.246 e. The Labute approximate surface area is 199 Å². The van der Waals surface area contributed by atoms with Crippen LogP contribution in [-0.2, 0) is 16.6 Å². The van der Waals surface area contributed by atoms with Crippen LogP contribution in [0.1, 0.15) is 6.92 Å². The molecule has 2 N–H and O–H groups in total. The molecule has 1 aliphatic rings. The standard InChI is InChI=1S/C19H22F3N7O2.HI/c1-3-23-19(24-9-15(30)26-14-5-4-13(20)17(21)18(14)22)28-6-7-29(16(31)11-28)12-8-25-27(2)10-12;/h4-5,8,10H,3,6-7,9,11H2,1-2H3,(H,23,24)(H,26,30);1H. The van der Waals surface area contributed by atoms with Crippen LogP contribution in [0.3, 0.4) is 0 Å². The highest BCUT2D eigenvalue weighted by atomic mass is 127. The van der Waals surface area contributed by atoms with Gasteiger partial charge in [0.05, 0.1) is 17.6 Å². The second kappa shape index (κ2) is 11.2. The number of aromatic nitrogens is 2. The van der Waals surface area contributed by atoms with E-state index in [0.29, 0.717) is 37.3 Å². The fourth-order valence-electron chi connectivity index (χ4n) is 3.06. The van der Waals surface area contributed by atoms with Crippen LogP contribution in [0.4, 0.5) is 24.5 Å². The number of piperazine rings is 1. The van der Waals surface area contributed by atoms with Gasteiger partial charge in [-0.1, -0.05) is 0 Å². The Morgan fingerprint density at radius 3 is 2.59 bits per heavy atom. The summed E-state index contributed by atoms with van der Waals surface area (Å²) in [6.07, 6.45) is 3.35. The molecule has 2 amide bonds. The van der Waals surface area contributed by atoms with Crippen molar-refractivity contribution >= 4 is 53.1 Å². The lowest BCUT2D eigenvalue weighted by atomic mass is 10.2. The molecule has 2 aromatic rings. The van der Waals surface area contributed by atoms with Crippen molar-refractivity contribution < 1.29 is 22.8 Å². The Kier molecular flexibility index (Phi) is 8.86. The van der Waals surface area contributed by atoms with Gasteiger partial charge in [0, 0.05) is 32.9 Å². The van der Waals surface area contributed by atoms with Crippen LogP contribution in [0, 0.1) is 17.5 Å². The van der Waals surface area contributed by atoms with Gasteiger partial charge >= 0.3 is 0 Å². The van der Waals surface area contributed by atoms with E-state index in [9.17, 15) is 22.8 Å². The van der Waals surface area contributed by atoms with E-state index in [0.717, 1.165) is 6.07 Å². The number of nitrogens with zero attached hydrogens (tertiary/aromatic N) is 5. The van der Waals surface area contributed by atoms with Crippen LogP contribution < -0.4 is 15.5 Å². The lowest BCUT2D eigenvalue weighted by Crippen LogP contribution is -2.55. The number of carbonyl (C=O) groups excluding carboxylic acids is 2. The molecule has 13 heteroatoms. The molecule has 0 aliphatic carbocycles. The smallest absolute Gasteiger partial charge is 0.246 e. The van der Waals surface area contributed by atoms with Gasteiger partial charge in [-0.2, -0.15) is 5.10 Å². The zero-order valence-corrected chi connectivity index (χ0v) is 19.8. The first-order valence-corrected chi connectivity index (χ1v) is 9.55. The third kappa shape index (κ3) is 5.89. The molecule has 0 radical (unpaired) electrons. The Morgan fingerprint density at radius 1 is 1.22 bits per heavy atom. The molecule has 1 aliphatic heterocycles. The van der Waals surface area contributed by atoms with Crippen LogP contribution in [0.5, 0.6) is 0 Å². The number of carbonyl (C=O) groups is 2. The summed E-state index contributed by atoms with van der Waals surface area (Å²) >= 11 is 0. The largest absolute Gasteiger partial charge is 0.356 e. The van der Waals surface area contributed by atoms with E-state index < -0.39 is 35.6 Å². The molecule has 174 valence electrons. The summed E-state index contributed by atoms with van der Waals surface area (Å²) in [4.78, 5) is 32.2. The number of aliphatic imine (C=N–C) groups is 1. The van der Waals surface area contributed by atoms with E-state index in [1.165, 1.54) is 0 Å². The number of aryl methyl sites for hydroxylation is 1. The SMILES string of the molecule is CCNC(=NCC(=O)Nc1ccc(F)c(F)c1F)N1CCN(c2cnn(C)c2)C(=O)C1.I. The van der Waals surface area contributed by atoms with Gasteiger partial charge in [0.25, 0.3) is 0 Å². The monoisotopic (exact) mass is 565 g/mol. The highest BCUT2D eigenvalue weighted by molar-refractivity contribution is 14.0. The molecule has 0 atom stereocenters. The van der Waals surface area contributed by atoms with Gasteiger partial charge in [0.15, 0.2) is 23.4 Å². The van der Waals surface area contributed by atoms with Crippen LogP contribution in [0.15, 0.2) is 29.5 Å². The van der Waals surface area contributed by atoms with Crippen LogP contribution in [-0.4, -0.2) is 65.2 Å². The second-order valence-corrected chi connectivity index (χ2v) is 6.78. The number of hydrogen-bond donors (Lipinski definition) is 2. The Morgan fingerprint density at radius 2 is 1.97 bits per heavy atom. The lowest BCUT2D eigenvalue weighted by Gasteiger charge is -2.35. The first-order chi connectivity index (χ1) is 14.8. The van der Waals surface area contributed by atoms with Gasteiger partial charge < -0.3 is 20.4 Å².